The molecule has 3 N–H and O–H groups in total. The van der Waals surface area contributed by atoms with Gasteiger partial charge in [0.1, 0.15) is 5.15 Å². The second-order valence-electron chi connectivity index (χ2n) is 5.00. The predicted octanol–water partition coefficient (Wildman–Crippen LogP) is 2.44. The van der Waals surface area contributed by atoms with Gasteiger partial charge in [-0.1, -0.05) is 23.2 Å². The number of anilines is 1. The summed E-state index contributed by atoms with van der Waals surface area (Å²) >= 11 is 12.1. The zero-order chi connectivity index (χ0) is 19.6. The number of nitrogens with zero attached hydrogens (tertiary/aromatic N) is 2. The maximum absolute atomic E-state index is 12.5. The largest absolute Gasteiger partial charge is 0.420 e. The van der Waals surface area contributed by atoms with Crippen molar-refractivity contribution < 1.29 is 22.2 Å². The van der Waals surface area contributed by atoms with Crippen LogP contribution in [-0.4, -0.2) is 30.4 Å². The van der Waals surface area contributed by atoms with E-state index in [2.05, 4.69) is 19.5 Å². The van der Waals surface area contributed by atoms with E-state index in [0.717, 1.165) is 12.3 Å². The number of nitrogens with one attached hydrogen (secondary N) is 1. The van der Waals surface area contributed by atoms with E-state index in [1.54, 1.807) is 13.8 Å². The number of carbonyl (C=O) groups excluding carboxylic acids is 2. The topological polar surface area (TPSA) is 141 Å². The summed E-state index contributed by atoms with van der Waals surface area (Å²) in [5.74, 6) is -0.660. The van der Waals surface area contributed by atoms with Gasteiger partial charge in [0.15, 0.2) is 5.03 Å². The normalized spacial score (nSPS) is 11.1. The highest BCUT2D eigenvalue weighted by atomic mass is 35.5. The van der Waals surface area contributed by atoms with Crippen LogP contribution in [0.1, 0.15) is 21.6 Å². The standard InChI is InChI=1S/C14H12Cl2N4O5S/c1-6-10(12(16)19-7(2)11(6)15)13(21)20-8-3-4-18-9(5-8)26(23,24)25-14(17)22/h3-5H,1-2H3,(H2,17,22)(H,18,20,21). The molecule has 138 valence electrons. The third-order valence-corrected chi connectivity index (χ3v) is 5.11. The Bertz CT molecular complexity index is 1010. The van der Waals surface area contributed by atoms with E-state index in [0.29, 0.717) is 11.3 Å². The summed E-state index contributed by atoms with van der Waals surface area (Å²) in [6.07, 6.45) is -0.411. The first-order chi connectivity index (χ1) is 12.0. The molecule has 0 atom stereocenters. The fraction of sp³-hybridized carbons (Fsp3) is 0.143. The average molecular weight is 419 g/mol. The van der Waals surface area contributed by atoms with Gasteiger partial charge >= 0.3 is 16.2 Å². The Morgan fingerprint density at radius 3 is 2.54 bits per heavy atom. The summed E-state index contributed by atoms with van der Waals surface area (Å²) in [6, 6.07) is 2.32. The molecule has 0 unspecified atom stereocenters. The summed E-state index contributed by atoms with van der Waals surface area (Å²) in [5, 5.41) is 2.07. The summed E-state index contributed by atoms with van der Waals surface area (Å²) in [5.41, 5.74) is 5.68. The van der Waals surface area contributed by atoms with Crippen LogP contribution in [0.5, 0.6) is 0 Å². The van der Waals surface area contributed by atoms with Crippen molar-refractivity contribution in [2.24, 2.45) is 5.73 Å². The number of aryl methyl sites for hydroxylation is 1. The summed E-state index contributed by atoms with van der Waals surface area (Å²) in [6.45, 7) is 3.24. The maximum atomic E-state index is 12.5. The molecule has 0 fully saturated rings. The van der Waals surface area contributed by atoms with Crippen LogP contribution in [0.4, 0.5) is 10.5 Å². The van der Waals surface area contributed by atoms with E-state index in [1.165, 1.54) is 6.07 Å². The van der Waals surface area contributed by atoms with E-state index in [1.807, 2.05) is 0 Å². The lowest BCUT2D eigenvalue weighted by Gasteiger charge is -2.12. The lowest BCUT2D eigenvalue weighted by Crippen LogP contribution is -2.20. The summed E-state index contributed by atoms with van der Waals surface area (Å²) < 4.78 is 27.6. The van der Waals surface area contributed by atoms with Crippen molar-refractivity contribution >= 4 is 51.0 Å². The van der Waals surface area contributed by atoms with Crippen molar-refractivity contribution in [2.75, 3.05) is 5.32 Å². The minimum atomic E-state index is -4.51. The van der Waals surface area contributed by atoms with Gasteiger partial charge in [0.05, 0.1) is 16.3 Å². The third kappa shape index (κ3) is 4.21. The van der Waals surface area contributed by atoms with Crippen molar-refractivity contribution in [3.8, 4) is 0 Å². The quantitative estimate of drug-likeness (QED) is 0.573. The maximum Gasteiger partial charge on any atom is 0.420 e. The molecular formula is C14H12Cl2N4O5S. The molecule has 0 saturated heterocycles. The van der Waals surface area contributed by atoms with E-state index in [9.17, 15) is 18.0 Å². The van der Waals surface area contributed by atoms with Gasteiger partial charge in [-0.05, 0) is 25.5 Å². The average Bonchev–Trinajstić information content (AvgIpc) is 2.52. The Kier molecular flexibility index (Phi) is 5.69. The van der Waals surface area contributed by atoms with Crippen LogP contribution < -0.4 is 11.1 Å². The summed E-state index contributed by atoms with van der Waals surface area (Å²) in [7, 11) is -4.51. The van der Waals surface area contributed by atoms with Gasteiger partial charge < -0.3 is 15.2 Å². The van der Waals surface area contributed by atoms with Crippen LogP contribution in [-0.2, 0) is 14.3 Å². The van der Waals surface area contributed by atoms with Crippen molar-refractivity contribution in [3.63, 3.8) is 0 Å². The molecule has 2 aromatic heterocycles. The number of hydrogen-bond acceptors (Lipinski definition) is 7. The molecule has 2 heterocycles. The van der Waals surface area contributed by atoms with E-state index < -0.39 is 27.1 Å². The van der Waals surface area contributed by atoms with Gasteiger partial charge in [0, 0.05) is 18.0 Å². The summed E-state index contributed by atoms with van der Waals surface area (Å²) in [4.78, 5) is 30.7. The number of hydrogen-bond donors (Lipinski definition) is 2. The smallest absolute Gasteiger partial charge is 0.334 e. The zero-order valence-electron chi connectivity index (χ0n) is 13.4. The zero-order valence-corrected chi connectivity index (χ0v) is 15.7. The number of amides is 2. The predicted molar refractivity (Wildman–Crippen MR) is 93.8 cm³/mol. The number of aromatic nitrogens is 2. The minimum absolute atomic E-state index is 0.0388. The molecule has 2 aromatic rings. The Morgan fingerprint density at radius 1 is 1.27 bits per heavy atom. The number of carbonyl (C=O) groups is 2. The number of pyridine rings is 2. The molecule has 0 radical (unpaired) electrons. The van der Waals surface area contributed by atoms with Crippen molar-refractivity contribution in [1.82, 2.24) is 9.97 Å². The van der Waals surface area contributed by atoms with Crippen LogP contribution in [0.15, 0.2) is 23.4 Å². The Labute approximate surface area is 158 Å². The molecule has 26 heavy (non-hydrogen) atoms. The van der Waals surface area contributed by atoms with Gasteiger partial charge in [-0.3, -0.25) is 4.79 Å². The first-order valence-electron chi connectivity index (χ1n) is 6.86. The van der Waals surface area contributed by atoms with Gasteiger partial charge in [-0.2, -0.15) is 8.42 Å². The highest BCUT2D eigenvalue weighted by molar-refractivity contribution is 7.87. The second-order valence-corrected chi connectivity index (χ2v) is 7.22. The molecule has 9 nitrogen and oxygen atoms in total. The van der Waals surface area contributed by atoms with Gasteiger partial charge in [0.2, 0.25) is 0 Å². The molecule has 0 aliphatic carbocycles. The van der Waals surface area contributed by atoms with Crippen molar-refractivity contribution in [2.45, 2.75) is 18.9 Å². The number of primary amides is 1. The van der Waals surface area contributed by atoms with Crippen LogP contribution in [0.25, 0.3) is 0 Å². The van der Waals surface area contributed by atoms with Gasteiger partial charge in [-0.15, -0.1) is 0 Å². The molecule has 0 spiro atoms. The second kappa shape index (κ2) is 7.44. The molecule has 2 rings (SSSR count). The first-order valence-corrected chi connectivity index (χ1v) is 9.03. The molecule has 0 bridgehead atoms. The lowest BCUT2D eigenvalue weighted by molar-refractivity contribution is 0.102. The van der Waals surface area contributed by atoms with Gasteiger partial charge in [0.25, 0.3) is 5.91 Å². The van der Waals surface area contributed by atoms with Crippen molar-refractivity contribution in [1.29, 1.82) is 0 Å². The number of halogens is 2. The van der Waals surface area contributed by atoms with Crippen LogP contribution in [0.3, 0.4) is 0 Å². The molecule has 0 saturated carbocycles. The monoisotopic (exact) mass is 418 g/mol. The molecule has 12 heteroatoms. The highest BCUT2D eigenvalue weighted by Gasteiger charge is 2.22. The highest BCUT2D eigenvalue weighted by Crippen LogP contribution is 2.28. The molecule has 0 aromatic carbocycles. The fourth-order valence-corrected chi connectivity index (χ4v) is 3.27. The first kappa shape index (κ1) is 19.9. The SMILES string of the molecule is Cc1nc(Cl)c(C(=O)Nc2ccnc(S(=O)(=O)OC(N)=O)c2)c(C)c1Cl. The Balaban J connectivity index is 2.36. The molecule has 0 aliphatic heterocycles. The van der Waals surface area contributed by atoms with Crippen molar-refractivity contribution in [3.05, 3.63) is 45.3 Å². The molecule has 0 aliphatic rings. The Hall–Kier alpha value is -2.43. The van der Waals surface area contributed by atoms with Crippen LogP contribution >= 0.6 is 23.2 Å². The third-order valence-electron chi connectivity index (χ3n) is 3.16. The van der Waals surface area contributed by atoms with E-state index in [4.69, 9.17) is 28.9 Å². The number of rotatable bonds is 4. The fourth-order valence-electron chi connectivity index (χ4n) is 2.02. The lowest BCUT2D eigenvalue weighted by atomic mass is 10.1. The minimum Gasteiger partial charge on any atom is -0.334 e. The van der Waals surface area contributed by atoms with Gasteiger partial charge in [-0.25, -0.2) is 14.8 Å². The Morgan fingerprint density at radius 2 is 1.92 bits per heavy atom. The van der Waals surface area contributed by atoms with Crippen LogP contribution in [0, 0.1) is 13.8 Å². The number of nitrogens with two attached hydrogens (primary N) is 1. The molecule has 2 amide bonds. The van der Waals surface area contributed by atoms with E-state index >= 15 is 0 Å². The molecular weight excluding hydrogens is 407 g/mol. The van der Waals surface area contributed by atoms with E-state index in [-0.39, 0.29) is 21.4 Å². The van der Waals surface area contributed by atoms with Crippen LogP contribution in [0.2, 0.25) is 10.2 Å².